The van der Waals surface area contributed by atoms with E-state index in [1.54, 1.807) is 13.8 Å². The molecule has 1 aliphatic heterocycles. The van der Waals surface area contributed by atoms with Crippen LogP contribution in [0.4, 0.5) is 40.7 Å². The van der Waals surface area contributed by atoms with Crippen LogP contribution >= 0.6 is 0 Å². The van der Waals surface area contributed by atoms with E-state index in [1.165, 1.54) is 17.7 Å². The Kier molecular flexibility index (Phi) is 7.72. The number of nitrogens with one attached hydrogen (secondary N) is 4. The highest BCUT2D eigenvalue weighted by atomic mass is 19.4. The summed E-state index contributed by atoms with van der Waals surface area (Å²) < 4.78 is 52.7. The number of nitrogens with zero attached hydrogens (tertiary/aromatic N) is 3. The Morgan fingerprint density at radius 3 is 2.52 bits per heavy atom. The number of alkyl halides is 3. The fourth-order valence-corrected chi connectivity index (χ4v) is 4.47. The zero-order chi connectivity index (χ0) is 29.3. The minimum Gasteiger partial charge on any atom is -0.343 e. The summed E-state index contributed by atoms with van der Waals surface area (Å²) in [4.78, 5) is 21.2. The standard InChI is InChI=1S/C28H29F4N7O/c1-26(2,13-33)21-10-18(6-8-22(21)29)37-23-19(24(40)36-15-28(30,31)32)12-35-25(39-23)38-17-5-7-20-16(9-17)11-34-14-27(20,3)4/h5-10,12,34H,11,14-15H2,1-4H3,(H,36,40)(H2,35,37,38,39). The van der Waals surface area contributed by atoms with Crippen LogP contribution in [-0.4, -0.2) is 35.1 Å². The number of carbonyl (C=O) groups excluding carboxylic acids is 1. The lowest BCUT2D eigenvalue weighted by atomic mass is 9.79. The van der Waals surface area contributed by atoms with Crippen molar-refractivity contribution in [3.05, 3.63) is 70.7 Å². The predicted octanol–water partition coefficient (Wildman–Crippen LogP) is 5.58. The van der Waals surface area contributed by atoms with Crippen molar-refractivity contribution in [3.63, 3.8) is 0 Å². The largest absolute Gasteiger partial charge is 0.405 e. The van der Waals surface area contributed by atoms with Gasteiger partial charge in [0.25, 0.3) is 5.91 Å². The van der Waals surface area contributed by atoms with Crippen molar-refractivity contribution in [1.82, 2.24) is 20.6 Å². The summed E-state index contributed by atoms with van der Waals surface area (Å²) in [6, 6.07) is 11.8. The van der Waals surface area contributed by atoms with E-state index in [0.29, 0.717) is 12.2 Å². The smallest absolute Gasteiger partial charge is 0.343 e. The number of anilines is 4. The first-order valence-corrected chi connectivity index (χ1v) is 12.5. The average molecular weight is 556 g/mol. The number of nitriles is 1. The van der Waals surface area contributed by atoms with Gasteiger partial charge in [-0.2, -0.15) is 23.4 Å². The third-order valence-electron chi connectivity index (χ3n) is 6.64. The van der Waals surface area contributed by atoms with Gasteiger partial charge in [-0.15, -0.1) is 0 Å². The third kappa shape index (κ3) is 6.48. The first-order valence-electron chi connectivity index (χ1n) is 12.5. The number of carbonyl (C=O) groups is 1. The number of aromatic nitrogens is 2. The van der Waals surface area contributed by atoms with Gasteiger partial charge in [0.2, 0.25) is 5.95 Å². The first kappa shape index (κ1) is 28.8. The molecular formula is C28H29F4N7O. The number of amides is 1. The fraction of sp³-hybridized carbons (Fsp3) is 0.357. The van der Waals surface area contributed by atoms with Crippen molar-refractivity contribution in [2.45, 2.75) is 51.2 Å². The van der Waals surface area contributed by atoms with Crippen molar-refractivity contribution in [2.75, 3.05) is 23.7 Å². The van der Waals surface area contributed by atoms with E-state index in [4.69, 9.17) is 0 Å². The molecule has 0 bridgehead atoms. The van der Waals surface area contributed by atoms with E-state index in [-0.39, 0.29) is 34.0 Å². The van der Waals surface area contributed by atoms with Crippen molar-refractivity contribution in [3.8, 4) is 6.07 Å². The van der Waals surface area contributed by atoms with Gasteiger partial charge in [0.05, 0.1) is 11.5 Å². The van der Waals surface area contributed by atoms with Crippen molar-refractivity contribution in [2.24, 2.45) is 0 Å². The summed E-state index contributed by atoms with van der Waals surface area (Å²) in [5, 5.41) is 20.6. The molecule has 0 unspecified atom stereocenters. The topological polar surface area (TPSA) is 115 Å². The van der Waals surface area contributed by atoms with Gasteiger partial charge in [-0.1, -0.05) is 19.9 Å². The molecule has 2 aromatic carbocycles. The molecule has 0 radical (unpaired) electrons. The second kappa shape index (κ2) is 10.7. The Labute approximate surface area is 229 Å². The maximum Gasteiger partial charge on any atom is 0.405 e. The van der Waals surface area contributed by atoms with Crippen molar-refractivity contribution in [1.29, 1.82) is 5.26 Å². The van der Waals surface area contributed by atoms with Gasteiger partial charge >= 0.3 is 6.18 Å². The van der Waals surface area contributed by atoms with Crippen LogP contribution in [0.5, 0.6) is 0 Å². The molecule has 3 aromatic rings. The van der Waals surface area contributed by atoms with Crippen molar-refractivity contribution < 1.29 is 22.4 Å². The van der Waals surface area contributed by atoms with Crippen LogP contribution in [0.3, 0.4) is 0 Å². The highest BCUT2D eigenvalue weighted by Gasteiger charge is 2.30. The molecule has 8 nitrogen and oxygen atoms in total. The molecule has 12 heteroatoms. The summed E-state index contributed by atoms with van der Waals surface area (Å²) in [5.74, 6) is -1.67. The van der Waals surface area contributed by atoms with E-state index in [0.717, 1.165) is 24.4 Å². The molecule has 0 spiro atoms. The monoisotopic (exact) mass is 555 g/mol. The van der Waals surface area contributed by atoms with Gasteiger partial charge in [-0.3, -0.25) is 4.79 Å². The number of hydrogen-bond acceptors (Lipinski definition) is 7. The Balaban J connectivity index is 1.68. The number of fused-ring (bicyclic) bond motifs is 1. The van der Waals surface area contributed by atoms with Crippen LogP contribution in [0.2, 0.25) is 0 Å². The Hall–Kier alpha value is -4.24. The first-order chi connectivity index (χ1) is 18.7. The quantitative estimate of drug-likeness (QED) is 0.282. The van der Waals surface area contributed by atoms with Gasteiger partial charge in [0, 0.05) is 41.6 Å². The molecule has 0 atom stereocenters. The lowest BCUT2D eigenvalue weighted by Crippen LogP contribution is -2.38. The summed E-state index contributed by atoms with van der Waals surface area (Å²) in [6.07, 6.45) is -3.51. The van der Waals surface area contributed by atoms with Gasteiger partial charge in [0.1, 0.15) is 23.7 Å². The molecule has 1 aromatic heterocycles. The van der Waals surface area contributed by atoms with Gasteiger partial charge < -0.3 is 21.3 Å². The molecule has 1 aliphatic rings. The van der Waals surface area contributed by atoms with E-state index in [1.807, 2.05) is 29.6 Å². The van der Waals surface area contributed by atoms with E-state index < -0.39 is 29.9 Å². The molecule has 40 heavy (non-hydrogen) atoms. The van der Waals surface area contributed by atoms with Crippen LogP contribution in [0, 0.1) is 17.1 Å². The van der Waals surface area contributed by atoms with E-state index in [2.05, 4.69) is 39.8 Å². The van der Waals surface area contributed by atoms with Crippen LogP contribution in [0.1, 0.15) is 54.7 Å². The molecule has 210 valence electrons. The van der Waals surface area contributed by atoms with Crippen LogP contribution in [0.15, 0.2) is 42.6 Å². The molecule has 2 heterocycles. The fourth-order valence-electron chi connectivity index (χ4n) is 4.47. The Morgan fingerprint density at radius 1 is 1.12 bits per heavy atom. The Bertz CT molecular complexity index is 1480. The number of halogens is 4. The van der Waals surface area contributed by atoms with Crippen LogP contribution in [-0.2, 0) is 17.4 Å². The summed E-state index contributed by atoms with van der Waals surface area (Å²) in [5.41, 5.74) is 1.90. The predicted molar refractivity (Wildman–Crippen MR) is 143 cm³/mol. The van der Waals surface area contributed by atoms with E-state index in [9.17, 15) is 27.6 Å². The molecule has 4 rings (SSSR count). The minimum atomic E-state index is -4.61. The van der Waals surface area contributed by atoms with Crippen molar-refractivity contribution >= 4 is 29.0 Å². The molecule has 0 saturated carbocycles. The maximum atomic E-state index is 14.5. The average Bonchev–Trinajstić information content (AvgIpc) is 2.88. The summed E-state index contributed by atoms with van der Waals surface area (Å²) >= 11 is 0. The normalized spacial score (nSPS) is 14.6. The zero-order valence-corrected chi connectivity index (χ0v) is 22.4. The second-order valence-corrected chi connectivity index (χ2v) is 10.8. The van der Waals surface area contributed by atoms with Crippen LogP contribution in [0.25, 0.3) is 0 Å². The highest BCUT2D eigenvalue weighted by molar-refractivity contribution is 5.99. The molecule has 4 N–H and O–H groups in total. The third-order valence-corrected chi connectivity index (χ3v) is 6.64. The summed E-state index contributed by atoms with van der Waals surface area (Å²) in [7, 11) is 0. The number of rotatable bonds is 7. The summed E-state index contributed by atoms with van der Waals surface area (Å²) in [6.45, 7) is 7.38. The second-order valence-electron chi connectivity index (χ2n) is 10.8. The molecule has 0 saturated heterocycles. The maximum absolute atomic E-state index is 14.5. The molecule has 1 amide bonds. The zero-order valence-electron chi connectivity index (χ0n) is 22.4. The lowest BCUT2D eigenvalue weighted by molar-refractivity contribution is -0.123. The van der Waals surface area contributed by atoms with Gasteiger partial charge in [-0.05, 0) is 55.3 Å². The molecule has 0 aliphatic carbocycles. The van der Waals surface area contributed by atoms with Crippen LogP contribution < -0.4 is 21.3 Å². The Morgan fingerprint density at radius 2 is 1.82 bits per heavy atom. The SMILES string of the molecule is CC(C)(C#N)c1cc(Nc2nc(Nc3ccc4c(c3)CNCC4(C)C)ncc2C(=O)NCC(F)(F)F)ccc1F. The minimum absolute atomic E-state index is 0.0424. The molecular weight excluding hydrogens is 526 g/mol. The number of hydrogen-bond donors (Lipinski definition) is 4. The lowest BCUT2D eigenvalue weighted by Gasteiger charge is -2.33. The molecule has 0 fully saturated rings. The highest BCUT2D eigenvalue weighted by Crippen LogP contribution is 2.33. The number of benzene rings is 2. The van der Waals surface area contributed by atoms with E-state index >= 15 is 0 Å². The van der Waals surface area contributed by atoms with Gasteiger partial charge in [-0.25, -0.2) is 9.37 Å². The van der Waals surface area contributed by atoms with Gasteiger partial charge in [0.15, 0.2) is 0 Å².